The molecule has 0 radical (unpaired) electrons. The number of benzene rings is 2. The van der Waals surface area contributed by atoms with Crippen LogP contribution >= 0.6 is 0 Å². The molecule has 24 heavy (non-hydrogen) atoms. The number of fused-ring (bicyclic) bond motifs is 1. The number of ether oxygens (including phenoxy) is 1. The fourth-order valence-electron chi connectivity index (χ4n) is 2.47. The summed E-state index contributed by atoms with van der Waals surface area (Å²) in [6.07, 6.45) is -4.42. The summed E-state index contributed by atoms with van der Waals surface area (Å²) in [7, 11) is 0. The third-order valence-corrected chi connectivity index (χ3v) is 3.55. The largest absolute Gasteiger partial charge is 0.462 e. The van der Waals surface area contributed by atoms with Gasteiger partial charge in [0.1, 0.15) is 16.9 Å². The van der Waals surface area contributed by atoms with Crippen molar-refractivity contribution in [1.82, 2.24) is 0 Å². The van der Waals surface area contributed by atoms with E-state index in [9.17, 15) is 18.0 Å². The molecular weight excluding hydrogens is 321 g/mol. The molecule has 0 saturated heterocycles. The van der Waals surface area contributed by atoms with Crippen molar-refractivity contribution in [3.63, 3.8) is 0 Å². The van der Waals surface area contributed by atoms with Gasteiger partial charge in [-0.3, -0.25) is 0 Å². The van der Waals surface area contributed by atoms with E-state index in [0.29, 0.717) is 16.5 Å². The average Bonchev–Trinajstić information content (AvgIpc) is 2.94. The Morgan fingerprint density at radius 1 is 1.08 bits per heavy atom. The summed E-state index contributed by atoms with van der Waals surface area (Å²) in [6, 6.07) is 11.4. The third-order valence-electron chi connectivity index (χ3n) is 3.55. The summed E-state index contributed by atoms with van der Waals surface area (Å²) < 4.78 is 48.9. The monoisotopic (exact) mass is 334 g/mol. The predicted octanol–water partition coefficient (Wildman–Crippen LogP) is 5.30. The number of carbonyl (C=O) groups is 1. The van der Waals surface area contributed by atoms with E-state index in [1.54, 1.807) is 31.2 Å². The van der Waals surface area contributed by atoms with Crippen LogP contribution in [0.25, 0.3) is 22.3 Å². The normalized spacial score (nSPS) is 11.7. The zero-order valence-electron chi connectivity index (χ0n) is 12.7. The average molecular weight is 334 g/mol. The molecule has 0 amide bonds. The minimum atomic E-state index is -4.42. The number of rotatable bonds is 3. The molecule has 1 heterocycles. The van der Waals surface area contributed by atoms with Gasteiger partial charge in [-0.1, -0.05) is 30.3 Å². The van der Waals surface area contributed by atoms with Crippen LogP contribution in [-0.4, -0.2) is 12.6 Å². The lowest BCUT2D eigenvalue weighted by Gasteiger charge is -2.07. The lowest BCUT2D eigenvalue weighted by molar-refractivity contribution is -0.137. The Hall–Kier alpha value is -2.76. The molecule has 0 aliphatic carbocycles. The van der Waals surface area contributed by atoms with E-state index in [4.69, 9.17) is 9.15 Å². The number of furan rings is 1. The molecule has 0 saturated carbocycles. The van der Waals surface area contributed by atoms with Gasteiger partial charge in [-0.25, -0.2) is 4.79 Å². The number of halogens is 3. The maximum atomic E-state index is 12.7. The molecule has 6 heteroatoms. The van der Waals surface area contributed by atoms with Gasteiger partial charge in [0, 0.05) is 10.9 Å². The van der Waals surface area contributed by atoms with E-state index in [0.717, 1.165) is 12.1 Å². The zero-order chi connectivity index (χ0) is 17.3. The summed E-state index contributed by atoms with van der Waals surface area (Å²) in [5.74, 6) is -0.374. The van der Waals surface area contributed by atoms with Crippen LogP contribution in [0.4, 0.5) is 13.2 Å². The molecule has 0 aliphatic heterocycles. The molecule has 0 aliphatic rings. The molecule has 0 fully saturated rings. The Morgan fingerprint density at radius 2 is 1.75 bits per heavy atom. The van der Waals surface area contributed by atoms with Crippen LogP contribution in [0.15, 0.2) is 52.9 Å². The van der Waals surface area contributed by atoms with Gasteiger partial charge in [0.2, 0.25) is 0 Å². The Morgan fingerprint density at radius 3 is 2.38 bits per heavy atom. The topological polar surface area (TPSA) is 39.4 Å². The Kier molecular flexibility index (Phi) is 4.05. The molecule has 1 aromatic heterocycles. The second kappa shape index (κ2) is 6.03. The minimum Gasteiger partial charge on any atom is -0.462 e. The Bertz CT molecular complexity index is 877. The van der Waals surface area contributed by atoms with Crippen LogP contribution in [0, 0.1) is 0 Å². The molecule has 0 spiro atoms. The van der Waals surface area contributed by atoms with Gasteiger partial charge in [-0.2, -0.15) is 13.2 Å². The fourth-order valence-corrected chi connectivity index (χ4v) is 2.47. The molecule has 3 aromatic rings. The number of hydrogen-bond donors (Lipinski definition) is 0. The smallest absolute Gasteiger partial charge is 0.416 e. The molecule has 3 rings (SSSR count). The molecule has 0 bridgehead atoms. The van der Waals surface area contributed by atoms with Gasteiger partial charge >= 0.3 is 12.1 Å². The highest BCUT2D eigenvalue weighted by Crippen LogP contribution is 2.36. The van der Waals surface area contributed by atoms with Crippen molar-refractivity contribution in [2.24, 2.45) is 0 Å². The molecule has 3 nitrogen and oxygen atoms in total. The summed E-state index contributed by atoms with van der Waals surface area (Å²) in [5, 5.41) is 0.561. The van der Waals surface area contributed by atoms with Gasteiger partial charge in [0.15, 0.2) is 0 Å². The number of para-hydroxylation sites is 1. The maximum Gasteiger partial charge on any atom is 0.416 e. The van der Waals surface area contributed by atoms with E-state index in [1.165, 1.54) is 12.1 Å². The van der Waals surface area contributed by atoms with E-state index in [2.05, 4.69) is 0 Å². The van der Waals surface area contributed by atoms with Crippen LogP contribution < -0.4 is 0 Å². The highest BCUT2D eigenvalue weighted by Gasteiger charge is 2.30. The van der Waals surface area contributed by atoms with Crippen molar-refractivity contribution >= 4 is 16.9 Å². The van der Waals surface area contributed by atoms with E-state index < -0.39 is 17.7 Å². The van der Waals surface area contributed by atoms with E-state index in [-0.39, 0.29) is 17.9 Å². The molecule has 124 valence electrons. The Balaban J connectivity index is 2.15. The van der Waals surface area contributed by atoms with Gasteiger partial charge in [-0.15, -0.1) is 0 Å². The van der Waals surface area contributed by atoms with Crippen molar-refractivity contribution in [3.8, 4) is 11.3 Å². The quantitative estimate of drug-likeness (QED) is 0.611. The first-order valence-corrected chi connectivity index (χ1v) is 7.28. The zero-order valence-corrected chi connectivity index (χ0v) is 12.7. The molecule has 0 atom stereocenters. The molecular formula is C18H13F3O3. The van der Waals surface area contributed by atoms with Crippen LogP contribution in [0.5, 0.6) is 0 Å². The summed E-state index contributed by atoms with van der Waals surface area (Å²) in [6.45, 7) is 1.86. The first-order valence-electron chi connectivity index (χ1n) is 7.28. The Labute approximate surface area is 135 Å². The number of alkyl halides is 3. The first kappa shape index (κ1) is 16.1. The minimum absolute atomic E-state index is 0.185. The van der Waals surface area contributed by atoms with Gasteiger partial charge < -0.3 is 9.15 Å². The van der Waals surface area contributed by atoms with Crippen molar-refractivity contribution < 1.29 is 27.1 Å². The number of hydrogen-bond acceptors (Lipinski definition) is 3. The SMILES string of the molecule is CCOC(=O)c1c(-c2ccc(C(F)(F)F)cc2)oc2ccccc12. The van der Waals surface area contributed by atoms with Crippen LogP contribution in [0.3, 0.4) is 0 Å². The van der Waals surface area contributed by atoms with Crippen LogP contribution in [-0.2, 0) is 10.9 Å². The van der Waals surface area contributed by atoms with Crippen molar-refractivity contribution in [3.05, 3.63) is 59.7 Å². The summed E-state index contributed by atoms with van der Waals surface area (Å²) >= 11 is 0. The summed E-state index contributed by atoms with van der Waals surface area (Å²) in [4.78, 5) is 12.3. The van der Waals surface area contributed by atoms with Crippen molar-refractivity contribution in [2.45, 2.75) is 13.1 Å². The van der Waals surface area contributed by atoms with E-state index >= 15 is 0 Å². The summed E-state index contributed by atoms with van der Waals surface area (Å²) in [5.41, 5.74) is 0.296. The molecule has 2 aromatic carbocycles. The van der Waals surface area contributed by atoms with Gasteiger partial charge in [-0.05, 0) is 25.1 Å². The lowest BCUT2D eigenvalue weighted by atomic mass is 10.0. The standard InChI is InChI=1S/C18H13F3O3/c1-2-23-17(22)15-13-5-3-4-6-14(13)24-16(15)11-7-9-12(10-8-11)18(19,20)21/h3-10H,2H2,1H3. The van der Waals surface area contributed by atoms with Gasteiger partial charge in [0.25, 0.3) is 0 Å². The fraction of sp³-hybridized carbons (Fsp3) is 0.167. The van der Waals surface area contributed by atoms with Gasteiger partial charge in [0.05, 0.1) is 12.2 Å². The molecule has 0 N–H and O–H groups in total. The third kappa shape index (κ3) is 2.87. The number of esters is 1. The van der Waals surface area contributed by atoms with Crippen molar-refractivity contribution in [1.29, 1.82) is 0 Å². The van der Waals surface area contributed by atoms with E-state index in [1.807, 2.05) is 0 Å². The maximum absolute atomic E-state index is 12.7. The highest BCUT2D eigenvalue weighted by atomic mass is 19.4. The second-order valence-electron chi connectivity index (χ2n) is 5.10. The molecule has 0 unspecified atom stereocenters. The van der Waals surface area contributed by atoms with Crippen molar-refractivity contribution in [2.75, 3.05) is 6.61 Å². The lowest BCUT2D eigenvalue weighted by Crippen LogP contribution is -2.06. The number of carbonyl (C=O) groups excluding carboxylic acids is 1. The first-order chi connectivity index (χ1) is 11.4. The highest BCUT2D eigenvalue weighted by molar-refractivity contribution is 6.08. The second-order valence-corrected chi connectivity index (χ2v) is 5.10. The predicted molar refractivity (Wildman–Crippen MR) is 82.6 cm³/mol. The van der Waals surface area contributed by atoms with Crippen LogP contribution in [0.1, 0.15) is 22.8 Å². The van der Waals surface area contributed by atoms with Crippen LogP contribution in [0.2, 0.25) is 0 Å².